The highest BCUT2D eigenvalue weighted by atomic mass is 32.2. The number of nitrogens with zero attached hydrogens (tertiary/aromatic N) is 2. The fraction of sp³-hybridized carbons (Fsp3) is 0.348. The lowest BCUT2D eigenvalue weighted by molar-refractivity contribution is -0.134. The number of nitrogens with one attached hydrogen (secondary N) is 1. The minimum atomic E-state index is -3.79. The molecule has 2 rings (SSSR count). The lowest BCUT2D eigenvalue weighted by Crippen LogP contribution is -2.34. The molecule has 2 aromatic carbocycles. The van der Waals surface area contributed by atoms with Crippen molar-refractivity contribution in [3.05, 3.63) is 53.6 Å². The van der Waals surface area contributed by atoms with Crippen LogP contribution in [0.4, 0.5) is 0 Å². The molecule has 0 saturated heterocycles. The van der Waals surface area contributed by atoms with Gasteiger partial charge in [-0.3, -0.25) is 4.79 Å². The van der Waals surface area contributed by atoms with Gasteiger partial charge < -0.3 is 19.1 Å². The molecule has 1 amide bonds. The summed E-state index contributed by atoms with van der Waals surface area (Å²) < 4.78 is 42.2. The van der Waals surface area contributed by atoms with Gasteiger partial charge in [-0.25, -0.2) is 17.9 Å². The smallest absolute Gasteiger partial charge is 0.338 e. The molecule has 0 aliphatic heterocycles. The van der Waals surface area contributed by atoms with Gasteiger partial charge in [0.05, 0.1) is 30.7 Å². The largest absolute Gasteiger partial charge is 0.493 e. The number of hydrogen-bond acceptors (Lipinski definition) is 8. The summed E-state index contributed by atoms with van der Waals surface area (Å²) in [7, 11) is -0.725. The maximum atomic E-state index is 12.6. The third-order valence-corrected chi connectivity index (χ3v) is 6.29. The summed E-state index contributed by atoms with van der Waals surface area (Å²) in [5.74, 6) is -0.0181. The molecule has 0 aliphatic carbocycles. The van der Waals surface area contributed by atoms with E-state index < -0.39 is 22.6 Å². The van der Waals surface area contributed by atoms with E-state index in [1.54, 1.807) is 12.1 Å². The second-order valence-electron chi connectivity index (χ2n) is 7.00. The number of carbonyl (C=O) groups excluding carboxylic acids is 2. The zero-order chi connectivity index (χ0) is 25.1. The molecule has 182 valence electrons. The molecular weight excluding hydrogens is 462 g/mol. The summed E-state index contributed by atoms with van der Waals surface area (Å²) in [4.78, 5) is 26.4. The van der Waals surface area contributed by atoms with Gasteiger partial charge in [0, 0.05) is 26.1 Å². The molecule has 11 heteroatoms. The predicted octanol–water partition coefficient (Wildman–Crippen LogP) is 2.10. The minimum absolute atomic E-state index is 0.0119. The van der Waals surface area contributed by atoms with Crippen molar-refractivity contribution in [2.24, 2.45) is 0 Å². The molecule has 0 bridgehead atoms. The molecule has 0 spiro atoms. The highest BCUT2D eigenvalue weighted by Gasteiger charge is 2.18. The SMILES string of the molecule is CCN(Cc1ccc(OC)c(OC)c1)C(=O)COC(=O)c1ccc(S(=O)(=O)NCCC#N)cc1. The van der Waals surface area contributed by atoms with Crippen molar-refractivity contribution in [2.45, 2.75) is 24.8 Å². The van der Waals surface area contributed by atoms with Gasteiger partial charge in [-0.1, -0.05) is 6.07 Å². The van der Waals surface area contributed by atoms with E-state index in [1.807, 2.05) is 19.1 Å². The molecule has 10 nitrogen and oxygen atoms in total. The van der Waals surface area contributed by atoms with Crippen molar-refractivity contribution in [2.75, 3.05) is 33.9 Å². The molecule has 1 N–H and O–H groups in total. The van der Waals surface area contributed by atoms with Crippen LogP contribution in [0.2, 0.25) is 0 Å². The Balaban J connectivity index is 1.96. The van der Waals surface area contributed by atoms with Crippen molar-refractivity contribution in [1.82, 2.24) is 9.62 Å². The molecule has 0 radical (unpaired) electrons. The van der Waals surface area contributed by atoms with Gasteiger partial charge in [-0.05, 0) is 48.9 Å². The number of benzene rings is 2. The number of ether oxygens (including phenoxy) is 3. The Morgan fingerprint density at radius 2 is 1.74 bits per heavy atom. The average Bonchev–Trinajstić information content (AvgIpc) is 2.85. The normalized spacial score (nSPS) is 10.8. The monoisotopic (exact) mass is 489 g/mol. The van der Waals surface area contributed by atoms with E-state index in [0.717, 1.165) is 5.56 Å². The van der Waals surface area contributed by atoms with Gasteiger partial charge in [-0.15, -0.1) is 0 Å². The number of sulfonamides is 1. The van der Waals surface area contributed by atoms with E-state index >= 15 is 0 Å². The first-order chi connectivity index (χ1) is 16.2. The molecular formula is C23H27N3O7S. The Kier molecular flexibility index (Phi) is 9.85. The standard InChI is InChI=1S/C23H27N3O7S/c1-4-26(15-17-6-11-20(31-2)21(14-17)32-3)22(27)16-33-23(28)18-7-9-19(10-8-18)34(29,30)25-13-5-12-24/h6-11,14,25H,4-5,13,15-16H2,1-3H3. The van der Waals surface area contributed by atoms with Crippen LogP contribution in [-0.2, 0) is 26.1 Å². The van der Waals surface area contributed by atoms with E-state index in [0.29, 0.717) is 24.6 Å². The Morgan fingerprint density at radius 1 is 1.06 bits per heavy atom. The van der Waals surface area contributed by atoms with Crippen molar-refractivity contribution in [3.63, 3.8) is 0 Å². The maximum Gasteiger partial charge on any atom is 0.338 e. The van der Waals surface area contributed by atoms with Crippen molar-refractivity contribution in [1.29, 1.82) is 5.26 Å². The van der Waals surface area contributed by atoms with Crippen molar-refractivity contribution in [3.8, 4) is 17.6 Å². The number of hydrogen-bond donors (Lipinski definition) is 1. The van der Waals surface area contributed by atoms with Gasteiger partial charge in [0.25, 0.3) is 5.91 Å². The van der Waals surface area contributed by atoms with Crippen LogP contribution in [0.5, 0.6) is 11.5 Å². The Morgan fingerprint density at radius 3 is 2.32 bits per heavy atom. The molecule has 0 unspecified atom stereocenters. The maximum absolute atomic E-state index is 12.6. The lowest BCUT2D eigenvalue weighted by Gasteiger charge is -2.21. The number of nitriles is 1. The molecule has 0 aliphatic rings. The van der Waals surface area contributed by atoms with Crippen LogP contribution in [0.25, 0.3) is 0 Å². The highest BCUT2D eigenvalue weighted by Crippen LogP contribution is 2.28. The molecule has 34 heavy (non-hydrogen) atoms. The second-order valence-corrected chi connectivity index (χ2v) is 8.77. The summed E-state index contributed by atoms with van der Waals surface area (Å²) in [6.45, 7) is 2.02. The highest BCUT2D eigenvalue weighted by molar-refractivity contribution is 7.89. The van der Waals surface area contributed by atoms with Crippen LogP contribution in [0.3, 0.4) is 0 Å². The van der Waals surface area contributed by atoms with E-state index in [2.05, 4.69) is 4.72 Å². The van der Waals surface area contributed by atoms with Gasteiger partial charge in [-0.2, -0.15) is 5.26 Å². The summed E-state index contributed by atoms with van der Waals surface area (Å²) in [5, 5.41) is 8.51. The number of amides is 1. The minimum Gasteiger partial charge on any atom is -0.493 e. The molecule has 0 aromatic heterocycles. The first kappa shape index (κ1) is 26.6. The van der Waals surface area contributed by atoms with Crippen LogP contribution in [-0.4, -0.2) is 59.1 Å². The zero-order valence-electron chi connectivity index (χ0n) is 19.2. The topological polar surface area (TPSA) is 135 Å². The molecule has 2 aromatic rings. The number of likely N-dealkylation sites (N-methyl/N-ethyl adjacent to an activating group) is 1. The van der Waals surface area contributed by atoms with Crippen LogP contribution < -0.4 is 14.2 Å². The number of carbonyl (C=O) groups is 2. The predicted molar refractivity (Wildman–Crippen MR) is 123 cm³/mol. The summed E-state index contributed by atoms with van der Waals surface area (Å²) in [6.07, 6.45) is 0.0401. The van der Waals surface area contributed by atoms with E-state index in [1.165, 1.54) is 43.4 Å². The number of methoxy groups -OCH3 is 2. The first-order valence-electron chi connectivity index (χ1n) is 10.4. The lowest BCUT2D eigenvalue weighted by atomic mass is 10.2. The van der Waals surface area contributed by atoms with E-state index in [-0.39, 0.29) is 29.3 Å². The van der Waals surface area contributed by atoms with Gasteiger partial charge in [0.2, 0.25) is 10.0 Å². The van der Waals surface area contributed by atoms with Crippen molar-refractivity contribution < 1.29 is 32.2 Å². The molecule has 0 atom stereocenters. The Labute approximate surface area is 199 Å². The van der Waals surface area contributed by atoms with Crippen molar-refractivity contribution >= 4 is 21.9 Å². The third kappa shape index (κ3) is 7.19. The summed E-state index contributed by atoms with van der Waals surface area (Å²) in [5.41, 5.74) is 0.922. The summed E-state index contributed by atoms with van der Waals surface area (Å²) >= 11 is 0. The number of rotatable bonds is 12. The Hall–Kier alpha value is -3.62. The van der Waals surface area contributed by atoms with Crippen LogP contribution in [0.1, 0.15) is 29.3 Å². The second kappa shape index (κ2) is 12.6. The fourth-order valence-corrected chi connectivity index (χ4v) is 4.00. The van der Waals surface area contributed by atoms with Gasteiger partial charge in [0.1, 0.15) is 0 Å². The Bertz CT molecular complexity index is 1140. The molecule has 0 fully saturated rings. The first-order valence-corrected chi connectivity index (χ1v) is 11.9. The summed E-state index contributed by atoms with van der Waals surface area (Å²) in [6, 6.07) is 12.3. The third-order valence-electron chi connectivity index (χ3n) is 4.81. The van der Waals surface area contributed by atoms with Crippen LogP contribution >= 0.6 is 0 Å². The fourth-order valence-electron chi connectivity index (χ4n) is 2.97. The zero-order valence-corrected chi connectivity index (χ0v) is 20.1. The average molecular weight is 490 g/mol. The van der Waals surface area contributed by atoms with Crippen LogP contribution in [0, 0.1) is 11.3 Å². The van der Waals surface area contributed by atoms with Crippen LogP contribution in [0.15, 0.2) is 47.4 Å². The van der Waals surface area contributed by atoms with Gasteiger partial charge in [0.15, 0.2) is 18.1 Å². The van der Waals surface area contributed by atoms with E-state index in [4.69, 9.17) is 19.5 Å². The molecule has 0 heterocycles. The number of esters is 1. The van der Waals surface area contributed by atoms with E-state index in [9.17, 15) is 18.0 Å². The molecule has 0 saturated carbocycles. The van der Waals surface area contributed by atoms with Gasteiger partial charge >= 0.3 is 5.97 Å². The quantitative estimate of drug-likeness (QED) is 0.354.